The third-order valence-corrected chi connectivity index (χ3v) is 2.86. The lowest BCUT2D eigenvalue weighted by atomic mass is 10.2. The van der Waals surface area contributed by atoms with Crippen LogP contribution in [0.1, 0.15) is 13.3 Å². The van der Waals surface area contributed by atoms with Crippen molar-refractivity contribution in [3.05, 3.63) is 0 Å². The lowest BCUT2D eigenvalue weighted by Gasteiger charge is -2.25. The molecule has 0 radical (unpaired) electrons. The number of likely N-dealkylation sites (tertiary alicyclic amines) is 1. The first kappa shape index (κ1) is 11.8. The van der Waals surface area contributed by atoms with E-state index >= 15 is 0 Å². The number of urea groups is 1. The predicted octanol–water partition coefficient (Wildman–Crippen LogP) is 0.221. The van der Waals surface area contributed by atoms with Gasteiger partial charge in [0.15, 0.2) is 0 Å². The molecule has 0 aliphatic carbocycles. The fourth-order valence-corrected chi connectivity index (χ4v) is 1.77. The average Bonchev–Trinajstić information content (AvgIpc) is 2.63. The SMILES string of the molecule is CC(=O)N(C)C1CCN(C(=O)N(C)C)C1. The number of hydrogen-bond donors (Lipinski definition) is 0. The summed E-state index contributed by atoms with van der Waals surface area (Å²) in [6, 6.07) is 0.195. The summed E-state index contributed by atoms with van der Waals surface area (Å²) in [5.41, 5.74) is 0. The maximum absolute atomic E-state index is 11.6. The second-order valence-corrected chi connectivity index (χ2v) is 4.20. The molecular weight excluding hydrogens is 194 g/mol. The largest absolute Gasteiger partial charge is 0.341 e. The highest BCUT2D eigenvalue weighted by atomic mass is 16.2. The normalized spacial score (nSPS) is 20.3. The molecule has 0 bridgehead atoms. The van der Waals surface area contributed by atoms with Crippen molar-refractivity contribution < 1.29 is 9.59 Å². The molecule has 1 heterocycles. The Labute approximate surface area is 90.6 Å². The maximum Gasteiger partial charge on any atom is 0.319 e. The first-order chi connectivity index (χ1) is 6.93. The van der Waals surface area contributed by atoms with Gasteiger partial charge in [-0.25, -0.2) is 4.79 Å². The molecule has 1 rings (SSSR count). The van der Waals surface area contributed by atoms with Gasteiger partial charge < -0.3 is 14.7 Å². The van der Waals surface area contributed by atoms with Crippen molar-refractivity contribution in [1.29, 1.82) is 0 Å². The van der Waals surface area contributed by atoms with Gasteiger partial charge in [0.1, 0.15) is 0 Å². The summed E-state index contributed by atoms with van der Waals surface area (Å²) in [7, 11) is 5.27. The Morgan fingerprint density at radius 1 is 1.27 bits per heavy atom. The van der Waals surface area contributed by atoms with E-state index < -0.39 is 0 Å². The number of rotatable bonds is 1. The van der Waals surface area contributed by atoms with Crippen LogP contribution in [-0.2, 0) is 4.79 Å². The molecule has 1 aliphatic rings. The lowest BCUT2D eigenvalue weighted by molar-refractivity contribution is -0.129. The fourth-order valence-electron chi connectivity index (χ4n) is 1.77. The third-order valence-electron chi connectivity index (χ3n) is 2.86. The molecule has 0 spiro atoms. The Morgan fingerprint density at radius 2 is 1.87 bits per heavy atom. The topological polar surface area (TPSA) is 43.9 Å². The summed E-state index contributed by atoms with van der Waals surface area (Å²) in [5, 5.41) is 0. The Hall–Kier alpha value is -1.26. The highest BCUT2D eigenvalue weighted by molar-refractivity contribution is 5.75. The van der Waals surface area contributed by atoms with Gasteiger partial charge in [0.2, 0.25) is 5.91 Å². The molecule has 15 heavy (non-hydrogen) atoms. The molecule has 1 fully saturated rings. The molecule has 0 aromatic rings. The first-order valence-electron chi connectivity index (χ1n) is 5.13. The summed E-state index contributed by atoms with van der Waals surface area (Å²) >= 11 is 0. The molecule has 5 heteroatoms. The zero-order chi connectivity index (χ0) is 11.6. The minimum atomic E-state index is 0.0226. The minimum Gasteiger partial charge on any atom is -0.341 e. The van der Waals surface area contributed by atoms with Crippen LogP contribution < -0.4 is 0 Å². The van der Waals surface area contributed by atoms with Crippen molar-refractivity contribution in [1.82, 2.24) is 14.7 Å². The van der Waals surface area contributed by atoms with Gasteiger partial charge in [0, 0.05) is 41.2 Å². The summed E-state index contributed by atoms with van der Waals surface area (Å²) < 4.78 is 0. The third kappa shape index (κ3) is 2.61. The van der Waals surface area contributed by atoms with Crippen LogP contribution in [0.3, 0.4) is 0 Å². The molecule has 0 N–H and O–H groups in total. The molecule has 5 nitrogen and oxygen atoms in total. The van der Waals surface area contributed by atoms with Crippen molar-refractivity contribution >= 4 is 11.9 Å². The second-order valence-electron chi connectivity index (χ2n) is 4.20. The van der Waals surface area contributed by atoms with Crippen molar-refractivity contribution in [2.75, 3.05) is 34.2 Å². The first-order valence-corrected chi connectivity index (χ1v) is 5.13. The van der Waals surface area contributed by atoms with E-state index in [0.717, 1.165) is 13.0 Å². The zero-order valence-corrected chi connectivity index (χ0v) is 9.86. The van der Waals surface area contributed by atoms with Crippen molar-refractivity contribution in [2.24, 2.45) is 0 Å². The number of hydrogen-bond acceptors (Lipinski definition) is 2. The van der Waals surface area contributed by atoms with Gasteiger partial charge in [-0.3, -0.25) is 4.79 Å². The highest BCUT2D eigenvalue weighted by Gasteiger charge is 2.30. The monoisotopic (exact) mass is 213 g/mol. The van der Waals surface area contributed by atoms with Crippen molar-refractivity contribution in [3.8, 4) is 0 Å². The van der Waals surface area contributed by atoms with Gasteiger partial charge in [0.25, 0.3) is 0 Å². The van der Waals surface area contributed by atoms with Crippen LogP contribution in [-0.4, -0.2) is 66.9 Å². The van der Waals surface area contributed by atoms with Gasteiger partial charge in [-0.2, -0.15) is 0 Å². The van der Waals surface area contributed by atoms with Gasteiger partial charge in [0.05, 0.1) is 6.04 Å². The molecule has 86 valence electrons. The Bertz CT molecular complexity index is 265. The van der Waals surface area contributed by atoms with Crippen molar-refractivity contribution in [2.45, 2.75) is 19.4 Å². The highest BCUT2D eigenvalue weighted by Crippen LogP contribution is 2.15. The summed E-state index contributed by atoms with van der Waals surface area (Å²) in [5.74, 6) is 0.0548. The number of amides is 3. The van der Waals surface area contributed by atoms with Crippen LogP contribution in [0.5, 0.6) is 0 Å². The van der Waals surface area contributed by atoms with E-state index in [1.54, 1.807) is 42.8 Å². The van der Waals surface area contributed by atoms with Gasteiger partial charge in [-0.05, 0) is 6.42 Å². The fraction of sp³-hybridized carbons (Fsp3) is 0.800. The van der Waals surface area contributed by atoms with Crippen LogP contribution >= 0.6 is 0 Å². The van der Waals surface area contributed by atoms with E-state index in [-0.39, 0.29) is 18.0 Å². The second kappa shape index (κ2) is 4.51. The van der Waals surface area contributed by atoms with Crippen molar-refractivity contribution in [3.63, 3.8) is 0 Å². The smallest absolute Gasteiger partial charge is 0.319 e. The average molecular weight is 213 g/mol. The maximum atomic E-state index is 11.6. The number of nitrogens with zero attached hydrogens (tertiary/aromatic N) is 3. The van der Waals surface area contributed by atoms with Crippen LogP contribution in [0.4, 0.5) is 4.79 Å². The molecule has 1 saturated heterocycles. The number of carbonyl (C=O) groups is 2. The van der Waals surface area contributed by atoms with Gasteiger partial charge >= 0.3 is 6.03 Å². The lowest BCUT2D eigenvalue weighted by Crippen LogP contribution is -2.41. The number of carbonyl (C=O) groups excluding carboxylic acids is 2. The van der Waals surface area contributed by atoms with Crippen LogP contribution in [0, 0.1) is 0 Å². The Kier molecular flexibility index (Phi) is 3.55. The Balaban J connectivity index is 2.52. The van der Waals surface area contributed by atoms with Gasteiger partial charge in [-0.1, -0.05) is 0 Å². The van der Waals surface area contributed by atoms with E-state index in [0.29, 0.717) is 6.54 Å². The van der Waals surface area contributed by atoms with E-state index in [9.17, 15) is 9.59 Å². The van der Waals surface area contributed by atoms with Crippen LogP contribution in [0.15, 0.2) is 0 Å². The van der Waals surface area contributed by atoms with Crippen LogP contribution in [0.25, 0.3) is 0 Å². The standard InChI is InChI=1S/C10H19N3O2/c1-8(14)12(4)9-5-6-13(7-9)10(15)11(2)3/h9H,5-7H2,1-4H3. The summed E-state index contributed by atoms with van der Waals surface area (Å²) in [6.07, 6.45) is 0.871. The minimum absolute atomic E-state index is 0.0226. The quantitative estimate of drug-likeness (QED) is 0.625. The molecule has 0 aromatic carbocycles. The molecule has 3 amide bonds. The Morgan fingerprint density at radius 3 is 2.33 bits per heavy atom. The number of likely N-dealkylation sites (N-methyl/N-ethyl adjacent to an activating group) is 1. The van der Waals surface area contributed by atoms with E-state index in [1.807, 2.05) is 0 Å². The molecule has 1 aliphatic heterocycles. The van der Waals surface area contributed by atoms with Gasteiger partial charge in [-0.15, -0.1) is 0 Å². The van der Waals surface area contributed by atoms with E-state index in [4.69, 9.17) is 0 Å². The molecule has 1 unspecified atom stereocenters. The molecule has 0 saturated carbocycles. The molecule has 0 aromatic heterocycles. The summed E-state index contributed by atoms with van der Waals surface area (Å²) in [6.45, 7) is 2.93. The summed E-state index contributed by atoms with van der Waals surface area (Å²) in [4.78, 5) is 27.8. The molecular formula is C10H19N3O2. The molecule has 1 atom stereocenters. The zero-order valence-electron chi connectivity index (χ0n) is 9.86. The van der Waals surface area contributed by atoms with Crippen LogP contribution in [0.2, 0.25) is 0 Å². The predicted molar refractivity (Wildman–Crippen MR) is 57.5 cm³/mol. The van der Waals surface area contributed by atoms with E-state index in [1.165, 1.54) is 0 Å². The van der Waals surface area contributed by atoms with E-state index in [2.05, 4.69) is 0 Å².